The molecule has 9 aromatic rings. The van der Waals surface area contributed by atoms with Crippen molar-refractivity contribution in [2.45, 2.75) is 202 Å². The second-order valence-corrected chi connectivity index (χ2v) is 25.8. The van der Waals surface area contributed by atoms with Gasteiger partial charge in [-0.25, -0.2) is 15.0 Å². The number of ether oxygens (including phenoxy) is 3. The highest BCUT2D eigenvalue weighted by atomic mass is 16.5. The van der Waals surface area contributed by atoms with Gasteiger partial charge in [-0.2, -0.15) is 0 Å². The summed E-state index contributed by atoms with van der Waals surface area (Å²) in [5.74, 6) is 14.7. The quantitative estimate of drug-likeness (QED) is 0.0237. The Morgan fingerprint density at radius 3 is 1.02 bits per heavy atom. The normalized spacial score (nSPS) is 11.5. The number of fused-ring (bicyclic) bond motifs is 23. The molecular weight excluding hydrogens is 1170 g/mol. The number of pyridine rings is 3. The first-order valence-electron chi connectivity index (χ1n) is 35.8. The van der Waals surface area contributed by atoms with Crippen LogP contribution in [-0.2, 0) is 12.8 Å². The van der Waals surface area contributed by atoms with Gasteiger partial charge in [-0.3, -0.25) is 0 Å². The monoisotopic (exact) mass is 1270 g/mol. The van der Waals surface area contributed by atoms with Crippen molar-refractivity contribution in [1.82, 2.24) is 15.0 Å². The molecular formula is C85H97N3O7. The van der Waals surface area contributed by atoms with Crippen molar-refractivity contribution in [1.29, 1.82) is 0 Å². The average Bonchev–Trinajstić information content (AvgIpc) is 0.750. The van der Waals surface area contributed by atoms with Gasteiger partial charge in [0.05, 0.1) is 53.7 Å². The Balaban J connectivity index is 1.25. The lowest BCUT2D eigenvalue weighted by molar-refractivity contribution is 0.304. The van der Waals surface area contributed by atoms with E-state index in [9.17, 15) is 20.4 Å². The molecule has 0 radical (unpaired) electrons. The van der Waals surface area contributed by atoms with Crippen LogP contribution in [0.25, 0.3) is 77.7 Å². The number of phenolic OH excluding ortho intramolecular Hbond substituents is 4. The average molecular weight is 1270 g/mol. The Hall–Kier alpha value is -8.99. The van der Waals surface area contributed by atoms with Crippen LogP contribution in [0.4, 0.5) is 0 Å². The molecule has 494 valence electrons. The molecule has 10 nitrogen and oxygen atoms in total. The number of phenols is 4. The summed E-state index contributed by atoms with van der Waals surface area (Å²) in [7, 11) is 0. The second-order valence-electron chi connectivity index (χ2n) is 25.8. The van der Waals surface area contributed by atoms with E-state index in [2.05, 4.69) is 58.3 Å². The number of unbranched alkanes of at least 4 members (excludes halogenated alkanes) is 19. The zero-order valence-electron chi connectivity index (χ0n) is 56.9. The third-order valence-electron chi connectivity index (χ3n) is 18.2. The lowest BCUT2D eigenvalue weighted by atomic mass is 9.87. The van der Waals surface area contributed by atoms with Crippen LogP contribution in [0.3, 0.4) is 0 Å². The summed E-state index contributed by atoms with van der Waals surface area (Å²) >= 11 is 0. The Labute approximate surface area is 564 Å². The first kappa shape index (κ1) is 68.9. The molecule has 1 aliphatic rings. The van der Waals surface area contributed by atoms with Crippen molar-refractivity contribution in [3.8, 4) is 120 Å². The van der Waals surface area contributed by atoms with Gasteiger partial charge in [0, 0.05) is 69.8 Å². The van der Waals surface area contributed by atoms with Crippen molar-refractivity contribution in [3.05, 3.63) is 155 Å². The minimum absolute atomic E-state index is 0.0562. The number of nitrogens with zero attached hydrogens (tertiary/aromatic N) is 3. The highest BCUT2D eigenvalue weighted by molar-refractivity contribution is 6.14. The van der Waals surface area contributed by atoms with E-state index in [0.29, 0.717) is 127 Å². The third kappa shape index (κ3) is 18.1. The van der Waals surface area contributed by atoms with Crippen LogP contribution in [-0.4, -0.2) is 55.2 Å². The van der Waals surface area contributed by atoms with Crippen LogP contribution in [0.1, 0.15) is 222 Å². The van der Waals surface area contributed by atoms with E-state index < -0.39 is 0 Å². The molecule has 0 spiro atoms. The van der Waals surface area contributed by atoms with Crippen LogP contribution in [0.5, 0.6) is 40.2 Å². The zero-order chi connectivity index (χ0) is 66.3. The van der Waals surface area contributed by atoms with E-state index in [1.807, 2.05) is 121 Å². The molecule has 6 aromatic carbocycles. The van der Waals surface area contributed by atoms with Crippen LogP contribution in [0.15, 0.2) is 121 Å². The van der Waals surface area contributed by atoms with E-state index >= 15 is 0 Å². The molecule has 0 aliphatic carbocycles. The summed E-state index contributed by atoms with van der Waals surface area (Å²) in [6.07, 6.45) is 27.2. The van der Waals surface area contributed by atoms with Crippen molar-refractivity contribution in [3.63, 3.8) is 0 Å². The van der Waals surface area contributed by atoms with E-state index in [1.165, 1.54) is 57.8 Å². The summed E-state index contributed by atoms with van der Waals surface area (Å²) in [5.41, 5.74) is 7.82. The molecule has 0 saturated carbocycles. The van der Waals surface area contributed by atoms with Gasteiger partial charge in [-0.05, 0) is 126 Å². The van der Waals surface area contributed by atoms with Gasteiger partial charge in [0.2, 0.25) is 0 Å². The smallest absolute Gasteiger partial charge is 0.140 e. The number of aryl methyl sites for hydroxylation is 2. The molecule has 0 amide bonds. The lowest BCUT2D eigenvalue weighted by Gasteiger charge is -2.20. The van der Waals surface area contributed by atoms with Crippen LogP contribution >= 0.6 is 0 Å². The molecule has 14 bridgehead atoms. The fraction of sp³-hybridized carbons (Fsp3) is 0.400. The molecule has 0 fully saturated rings. The third-order valence-corrected chi connectivity index (χ3v) is 18.2. The van der Waals surface area contributed by atoms with Gasteiger partial charge >= 0.3 is 0 Å². The molecule has 10 rings (SSSR count). The summed E-state index contributed by atoms with van der Waals surface area (Å²) < 4.78 is 19.9. The van der Waals surface area contributed by atoms with Crippen molar-refractivity contribution < 1.29 is 34.6 Å². The summed E-state index contributed by atoms with van der Waals surface area (Å²) in [6, 6.07) is 38.7. The maximum absolute atomic E-state index is 13.4. The van der Waals surface area contributed by atoms with Crippen LogP contribution in [0.2, 0.25) is 0 Å². The van der Waals surface area contributed by atoms with E-state index in [0.717, 1.165) is 131 Å². The SMILES string of the molecule is CCCCCCCCOc1cc2nc(c1)C#Cc1cc(CCCCC)cc(c1O)-c1cc(OCCCCCCCC)cc(n1)-c1cc3ccccc3c(c1O)-c1c(O)c(cc3ccccc13)-c1cc(OCCCCCCCC)cc(n1)-c1cc(CCCCC)cc(c1O)C#C2. The van der Waals surface area contributed by atoms with Crippen molar-refractivity contribution in [2.75, 3.05) is 19.8 Å². The number of hydrogen-bond donors (Lipinski definition) is 4. The second kappa shape index (κ2) is 35.0. The van der Waals surface area contributed by atoms with Gasteiger partial charge in [-0.1, -0.05) is 217 Å². The summed E-state index contributed by atoms with van der Waals surface area (Å²) in [4.78, 5) is 15.8. The molecule has 0 unspecified atom stereocenters. The fourth-order valence-electron chi connectivity index (χ4n) is 12.9. The first-order chi connectivity index (χ1) is 46.6. The Bertz CT molecular complexity index is 3950. The molecule has 4 heterocycles. The van der Waals surface area contributed by atoms with Crippen LogP contribution in [0, 0.1) is 23.7 Å². The van der Waals surface area contributed by atoms with Crippen molar-refractivity contribution >= 4 is 21.5 Å². The van der Waals surface area contributed by atoms with Gasteiger partial charge < -0.3 is 34.6 Å². The van der Waals surface area contributed by atoms with E-state index in [1.54, 1.807) is 0 Å². The van der Waals surface area contributed by atoms with Crippen molar-refractivity contribution in [2.24, 2.45) is 0 Å². The molecule has 1 aliphatic heterocycles. The minimum Gasteiger partial charge on any atom is -0.507 e. The van der Waals surface area contributed by atoms with Gasteiger partial charge in [-0.15, -0.1) is 0 Å². The highest BCUT2D eigenvalue weighted by Crippen LogP contribution is 2.52. The Morgan fingerprint density at radius 2 is 0.642 bits per heavy atom. The largest absolute Gasteiger partial charge is 0.507 e. The maximum atomic E-state index is 13.4. The molecule has 4 N–H and O–H groups in total. The molecule has 0 saturated heterocycles. The van der Waals surface area contributed by atoms with Crippen LogP contribution < -0.4 is 14.2 Å². The minimum atomic E-state index is -0.101. The van der Waals surface area contributed by atoms with Gasteiger partial charge in [0.1, 0.15) is 51.6 Å². The highest BCUT2D eigenvalue weighted by Gasteiger charge is 2.27. The number of benzene rings is 6. The Morgan fingerprint density at radius 1 is 0.316 bits per heavy atom. The number of aromatic hydroxyl groups is 4. The number of aromatic nitrogens is 3. The Kier molecular flexibility index (Phi) is 25.3. The predicted molar refractivity (Wildman–Crippen MR) is 390 cm³/mol. The fourth-order valence-corrected chi connectivity index (χ4v) is 12.9. The lowest BCUT2D eigenvalue weighted by Crippen LogP contribution is -2.01. The number of rotatable bonds is 32. The number of hydrogen-bond acceptors (Lipinski definition) is 10. The van der Waals surface area contributed by atoms with E-state index in [-0.39, 0.29) is 23.0 Å². The molecule has 10 heteroatoms. The molecule has 0 atom stereocenters. The maximum Gasteiger partial charge on any atom is 0.140 e. The molecule has 3 aromatic heterocycles. The van der Waals surface area contributed by atoms with Gasteiger partial charge in [0.25, 0.3) is 0 Å². The predicted octanol–water partition coefficient (Wildman–Crippen LogP) is 22.1. The summed E-state index contributed by atoms with van der Waals surface area (Å²) in [5, 5.41) is 55.3. The molecule has 95 heavy (non-hydrogen) atoms. The topological polar surface area (TPSA) is 147 Å². The standard InChI is InChI=1S/C85H97N3O7/c1-6-11-16-19-22-31-44-93-67-53-65-42-40-63-47-59(34-25-14-9-4)49-72(82(63)89)76-55-68(94-45-32-23-20-17-12-7-2)57-78(87-76)74-51-61-36-27-29-38-70(61)80(84(74)91)81-71-39-30-28-37-62(71)52-75(85(81)92)79-58-69(95-46-33-24-21-18-13-8-3)56-77(88-79)73-50-60(35-26-15-10-5)48-64(83(73)90)41-43-66(54-67)86-65/h27-30,36-39,47-58,89-92H,6-26,31-35,44-46H2,1-5H3. The zero-order valence-corrected chi connectivity index (χ0v) is 56.9. The van der Waals surface area contributed by atoms with Gasteiger partial charge in [0.15, 0.2) is 0 Å². The first-order valence-corrected chi connectivity index (χ1v) is 35.8. The van der Waals surface area contributed by atoms with E-state index in [4.69, 9.17) is 29.2 Å². The summed E-state index contributed by atoms with van der Waals surface area (Å²) in [6.45, 7) is 12.5.